The highest BCUT2D eigenvalue weighted by atomic mass is 32.2. The Hall–Kier alpha value is -3.13. The number of benzene rings is 2. The molecule has 0 unspecified atom stereocenters. The van der Waals surface area contributed by atoms with Gasteiger partial charge in [0, 0.05) is 12.1 Å². The molecule has 1 aliphatic rings. The van der Waals surface area contributed by atoms with Gasteiger partial charge in [0.2, 0.25) is 0 Å². The zero-order valence-electron chi connectivity index (χ0n) is 16.6. The van der Waals surface area contributed by atoms with Crippen LogP contribution in [0.1, 0.15) is 12.5 Å². The Bertz CT molecular complexity index is 929. The molecule has 0 bridgehead atoms. The van der Waals surface area contributed by atoms with Gasteiger partial charge in [0.25, 0.3) is 5.91 Å². The quantitative estimate of drug-likeness (QED) is 0.690. The fraction of sp³-hybridized carbons (Fsp3) is 0.238. The summed E-state index contributed by atoms with van der Waals surface area (Å²) in [5.41, 5.74) is 1.37. The summed E-state index contributed by atoms with van der Waals surface area (Å²) in [5.74, 6) is 2.22. The number of amides is 1. The van der Waals surface area contributed by atoms with Crippen molar-refractivity contribution in [2.24, 2.45) is 4.99 Å². The van der Waals surface area contributed by atoms with Crippen LogP contribution in [-0.4, -0.2) is 39.0 Å². The molecule has 8 heteroatoms. The van der Waals surface area contributed by atoms with Crippen LogP contribution < -0.4 is 24.3 Å². The van der Waals surface area contributed by atoms with Crippen molar-refractivity contribution in [2.45, 2.75) is 6.92 Å². The Morgan fingerprint density at radius 2 is 1.66 bits per heavy atom. The van der Waals surface area contributed by atoms with Crippen molar-refractivity contribution in [1.82, 2.24) is 5.32 Å². The third-order valence-corrected chi connectivity index (χ3v) is 4.97. The van der Waals surface area contributed by atoms with Crippen LogP contribution in [0.3, 0.4) is 0 Å². The maximum Gasteiger partial charge on any atom is 0.264 e. The molecule has 0 aromatic heterocycles. The van der Waals surface area contributed by atoms with Crippen molar-refractivity contribution in [3.8, 4) is 23.0 Å². The number of hydrogen-bond acceptors (Lipinski definition) is 7. The van der Waals surface area contributed by atoms with Crippen molar-refractivity contribution in [1.29, 1.82) is 0 Å². The lowest BCUT2D eigenvalue weighted by atomic mass is 10.1. The molecule has 3 rings (SSSR count). The van der Waals surface area contributed by atoms with Gasteiger partial charge in [-0.3, -0.25) is 4.79 Å². The molecule has 1 saturated heterocycles. The van der Waals surface area contributed by atoms with E-state index in [2.05, 4.69) is 10.3 Å². The van der Waals surface area contributed by atoms with Crippen molar-refractivity contribution in [2.75, 3.05) is 27.9 Å². The highest BCUT2D eigenvalue weighted by Crippen LogP contribution is 2.38. The molecule has 1 aliphatic heterocycles. The van der Waals surface area contributed by atoms with Crippen molar-refractivity contribution < 1.29 is 23.7 Å². The lowest BCUT2D eigenvalue weighted by Gasteiger charge is -2.12. The van der Waals surface area contributed by atoms with Crippen LogP contribution in [0.5, 0.6) is 23.0 Å². The van der Waals surface area contributed by atoms with Gasteiger partial charge in [-0.15, -0.1) is 0 Å². The maximum atomic E-state index is 12.4. The van der Waals surface area contributed by atoms with Gasteiger partial charge in [-0.25, -0.2) is 4.99 Å². The van der Waals surface area contributed by atoms with Crippen molar-refractivity contribution in [3.63, 3.8) is 0 Å². The van der Waals surface area contributed by atoms with E-state index in [9.17, 15) is 4.79 Å². The van der Waals surface area contributed by atoms with E-state index in [1.54, 1.807) is 39.5 Å². The molecule has 1 heterocycles. The summed E-state index contributed by atoms with van der Waals surface area (Å²) in [6, 6.07) is 10.8. The minimum atomic E-state index is -0.236. The summed E-state index contributed by atoms with van der Waals surface area (Å²) < 4.78 is 21.6. The predicted octanol–water partition coefficient (Wildman–Crippen LogP) is 4.00. The maximum absolute atomic E-state index is 12.4. The first kappa shape index (κ1) is 20.6. The summed E-state index contributed by atoms with van der Waals surface area (Å²) in [6.07, 6.45) is 1.72. The fourth-order valence-electron chi connectivity index (χ4n) is 2.69. The second-order valence-electron chi connectivity index (χ2n) is 5.85. The number of ether oxygens (including phenoxy) is 4. The predicted molar refractivity (Wildman–Crippen MR) is 115 cm³/mol. The summed E-state index contributed by atoms with van der Waals surface area (Å²) in [6.45, 7) is 2.53. The summed E-state index contributed by atoms with van der Waals surface area (Å²) in [7, 11) is 4.67. The molecule has 0 aliphatic carbocycles. The molecule has 2 aromatic rings. The molecule has 0 spiro atoms. The summed E-state index contributed by atoms with van der Waals surface area (Å²) in [4.78, 5) is 17.4. The van der Waals surface area contributed by atoms with Crippen LogP contribution in [0.15, 0.2) is 46.3 Å². The normalized spacial score (nSPS) is 16.1. The minimum absolute atomic E-state index is 0.236. The van der Waals surface area contributed by atoms with Gasteiger partial charge in [0.15, 0.2) is 5.17 Å². The Morgan fingerprint density at radius 1 is 1.00 bits per heavy atom. The lowest BCUT2D eigenvalue weighted by Crippen LogP contribution is -2.19. The zero-order chi connectivity index (χ0) is 20.8. The second-order valence-corrected chi connectivity index (χ2v) is 6.88. The van der Waals surface area contributed by atoms with Crippen molar-refractivity contribution in [3.05, 3.63) is 46.9 Å². The molecule has 1 N–H and O–H groups in total. The topological polar surface area (TPSA) is 78.4 Å². The van der Waals surface area contributed by atoms with Crippen LogP contribution in [-0.2, 0) is 4.79 Å². The van der Waals surface area contributed by atoms with E-state index in [0.717, 1.165) is 11.4 Å². The van der Waals surface area contributed by atoms with Crippen molar-refractivity contribution >= 4 is 34.6 Å². The molecule has 2 aromatic carbocycles. The van der Waals surface area contributed by atoms with E-state index >= 15 is 0 Å². The number of amidine groups is 1. The third-order valence-electron chi connectivity index (χ3n) is 4.06. The summed E-state index contributed by atoms with van der Waals surface area (Å²) >= 11 is 1.25. The summed E-state index contributed by atoms with van der Waals surface area (Å²) in [5, 5.41) is 3.28. The molecule has 0 atom stereocenters. The Morgan fingerprint density at radius 3 is 2.21 bits per heavy atom. The number of hydrogen-bond donors (Lipinski definition) is 1. The standard InChI is InChI=1S/C21H22N2O5S/c1-5-28-14-8-6-13(7-9-14)22-21-23-20(24)19(29-21)12-16-17(26-3)10-15(25-2)11-18(16)27-4/h6-12H,5H2,1-4H3,(H,22,23,24)/b19-12+. The molecule has 0 radical (unpaired) electrons. The number of methoxy groups -OCH3 is 3. The van der Waals surface area contributed by atoms with Gasteiger partial charge < -0.3 is 24.3 Å². The molecule has 1 fully saturated rings. The van der Waals surface area contributed by atoms with E-state index in [1.165, 1.54) is 11.8 Å². The molecular formula is C21H22N2O5S. The second kappa shape index (κ2) is 9.38. The smallest absolute Gasteiger partial charge is 0.264 e. The van der Waals surface area contributed by atoms with E-state index in [4.69, 9.17) is 18.9 Å². The Balaban J connectivity index is 1.87. The van der Waals surface area contributed by atoms with Gasteiger partial charge in [0.1, 0.15) is 23.0 Å². The molecule has 0 saturated carbocycles. The molecule has 152 valence electrons. The van der Waals surface area contributed by atoms with Gasteiger partial charge in [-0.2, -0.15) is 0 Å². The molecule has 7 nitrogen and oxygen atoms in total. The van der Waals surface area contributed by atoms with Gasteiger partial charge in [0.05, 0.1) is 44.1 Å². The number of nitrogens with zero attached hydrogens (tertiary/aromatic N) is 1. The van der Waals surface area contributed by atoms with Crippen LogP contribution >= 0.6 is 11.8 Å². The SMILES string of the molecule is CCOc1ccc(N=C2NC(=O)/C(=C\c3c(OC)cc(OC)cc3OC)S2)cc1. The third kappa shape index (κ3) is 4.83. The highest BCUT2D eigenvalue weighted by molar-refractivity contribution is 8.18. The highest BCUT2D eigenvalue weighted by Gasteiger charge is 2.25. The van der Waals surface area contributed by atoms with E-state index in [1.807, 2.05) is 31.2 Å². The first-order valence-electron chi connectivity index (χ1n) is 8.90. The van der Waals surface area contributed by atoms with Crippen LogP contribution in [0, 0.1) is 0 Å². The molecule has 29 heavy (non-hydrogen) atoms. The number of thioether (sulfide) groups is 1. The average Bonchev–Trinajstić information content (AvgIpc) is 3.08. The largest absolute Gasteiger partial charge is 0.496 e. The number of carbonyl (C=O) groups is 1. The van der Waals surface area contributed by atoms with E-state index in [-0.39, 0.29) is 5.91 Å². The minimum Gasteiger partial charge on any atom is -0.496 e. The Kier molecular flexibility index (Phi) is 6.66. The zero-order valence-corrected chi connectivity index (χ0v) is 17.5. The van der Waals surface area contributed by atoms with Crippen LogP contribution in [0.25, 0.3) is 6.08 Å². The van der Waals surface area contributed by atoms with Gasteiger partial charge in [-0.05, 0) is 49.0 Å². The number of aliphatic imine (C=N–C) groups is 1. The average molecular weight is 414 g/mol. The molecular weight excluding hydrogens is 392 g/mol. The van der Waals surface area contributed by atoms with Gasteiger partial charge >= 0.3 is 0 Å². The van der Waals surface area contributed by atoms with E-state index in [0.29, 0.717) is 39.5 Å². The first-order valence-corrected chi connectivity index (χ1v) is 9.72. The number of nitrogens with one attached hydrogen (secondary N) is 1. The number of carbonyl (C=O) groups excluding carboxylic acids is 1. The Labute approximate surface area is 173 Å². The van der Waals surface area contributed by atoms with Crippen LogP contribution in [0.2, 0.25) is 0 Å². The fourth-order valence-corrected chi connectivity index (χ4v) is 3.51. The van der Waals surface area contributed by atoms with E-state index < -0.39 is 0 Å². The lowest BCUT2D eigenvalue weighted by molar-refractivity contribution is -0.115. The molecule has 1 amide bonds. The monoisotopic (exact) mass is 414 g/mol. The number of rotatable bonds is 7. The van der Waals surface area contributed by atoms with Crippen LogP contribution in [0.4, 0.5) is 5.69 Å². The first-order chi connectivity index (χ1) is 14.1. The van der Waals surface area contributed by atoms with Gasteiger partial charge in [-0.1, -0.05) is 0 Å².